The van der Waals surface area contributed by atoms with Crippen molar-refractivity contribution < 1.29 is 23.6 Å². The number of quaternary nitrogens is 1. The van der Waals surface area contributed by atoms with E-state index in [1.807, 2.05) is 24.3 Å². The first-order valence-corrected chi connectivity index (χ1v) is 8.16. The zero-order chi connectivity index (χ0) is 16.8. The Morgan fingerprint density at radius 2 is 2.12 bits per heavy atom. The minimum atomic E-state index is -0.113. The molecule has 0 radical (unpaired) electrons. The maximum Gasteiger partial charge on any atom is 0.251 e. The Labute approximate surface area is 141 Å². The molecule has 2 heterocycles. The number of furan rings is 1. The summed E-state index contributed by atoms with van der Waals surface area (Å²) in [5.74, 6) is 1.44. The summed E-state index contributed by atoms with van der Waals surface area (Å²) in [7, 11) is 1.59. The molecule has 128 valence electrons. The summed E-state index contributed by atoms with van der Waals surface area (Å²) < 4.78 is 16.2. The molecule has 1 aromatic heterocycles. The molecule has 1 aliphatic rings. The third kappa shape index (κ3) is 3.96. The second-order valence-corrected chi connectivity index (χ2v) is 5.78. The second-order valence-electron chi connectivity index (χ2n) is 5.78. The summed E-state index contributed by atoms with van der Waals surface area (Å²) in [6.45, 7) is 3.78. The van der Waals surface area contributed by atoms with Gasteiger partial charge in [-0.25, -0.2) is 0 Å². The molecule has 0 unspecified atom stereocenters. The maximum absolute atomic E-state index is 12.4. The van der Waals surface area contributed by atoms with E-state index in [1.54, 1.807) is 25.5 Å². The van der Waals surface area contributed by atoms with E-state index in [2.05, 4.69) is 5.32 Å². The third-order valence-corrected chi connectivity index (χ3v) is 4.31. The highest BCUT2D eigenvalue weighted by Crippen LogP contribution is 2.13. The molecule has 1 atom stereocenters. The SMILES string of the molecule is COc1cccc(C(=O)NC[C@@H](c2ccco2)[NH+]2CCOCC2)c1. The Morgan fingerprint density at radius 3 is 2.83 bits per heavy atom. The summed E-state index contributed by atoms with van der Waals surface area (Å²) >= 11 is 0. The van der Waals surface area contributed by atoms with Gasteiger partial charge in [-0.05, 0) is 30.3 Å². The fourth-order valence-electron chi connectivity index (χ4n) is 2.98. The van der Waals surface area contributed by atoms with Gasteiger partial charge in [0.05, 0.1) is 33.1 Å². The van der Waals surface area contributed by atoms with E-state index in [0.29, 0.717) is 17.9 Å². The highest BCUT2D eigenvalue weighted by Gasteiger charge is 2.29. The van der Waals surface area contributed by atoms with Crippen molar-refractivity contribution in [3.05, 3.63) is 54.0 Å². The average Bonchev–Trinajstić information content (AvgIpc) is 3.17. The van der Waals surface area contributed by atoms with Gasteiger partial charge < -0.3 is 24.1 Å². The van der Waals surface area contributed by atoms with Gasteiger partial charge in [0.25, 0.3) is 5.91 Å². The number of carbonyl (C=O) groups excluding carboxylic acids is 1. The van der Waals surface area contributed by atoms with Crippen molar-refractivity contribution in [2.45, 2.75) is 6.04 Å². The molecule has 2 N–H and O–H groups in total. The lowest BCUT2D eigenvalue weighted by molar-refractivity contribution is -0.938. The summed E-state index contributed by atoms with van der Waals surface area (Å²) in [5, 5.41) is 3.02. The number of benzene rings is 1. The van der Waals surface area contributed by atoms with Crippen LogP contribution in [-0.2, 0) is 4.74 Å². The molecule has 0 spiro atoms. The third-order valence-electron chi connectivity index (χ3n) is 4.31. The first-order chi connectivity index (χ1) is 11.8. The molecule has 1 aliphatic heterocycles. The average molecular weight is 331 g/mol. The van der Waals surface area contributed by atoms with Gasteiger partial charge in [-0.2, -0.15) is 0 Å². The lowest BCUT2D eigenvalue weighted by atomic mass is 10.1. The van der Waals surface area contributed by atoms with Crippen molar-refractivity contribution >= 4 is 5.91 Å². The van der Waals surface area contributed by atoms with Gasteiger partial charge in [-0.1, -0.05) is 6.07 Å². The van der Waals surface area contributed by atoms with Crippen molar-refractivity contribution in [2.24, 2.45) is 0 Å². The van der Waals surface area contributed by atoms with Crippen LogP contribution >= 0.6 is 0 Å². The molecule has 3 rings (SSSR count). The highest BCUT2D eigenvalue weighted by molar-refractivity contribution is 5.94. The quantitative estimate of drug-likeness (QED) is 0.817. The summed E-state index contributed by atoms with van der Waals surface area (Å²) in [6, 6.07) is 11.1. The van der Waals surface area contributed by atoms with E-state index in [0.717, 1.165) is 32.1 Å². The number of methoxy groups -OCH3 is 1. The molecule has 6 nitrogen and oxygen atoms in total. The topological polar surface area (TPSA) is 65.1 Å². The predicted molar refractivity (Wildman–Crippen MR) is 88.3 cm³/mol. The van der Waals surface area contributed by atoms with Crippen LogP contribution < -0.4 is 15.0 Å². The van der Waals surface area contributed by atoms with E-state index in [9.17, 15) is 4.79 Å². The predicted octanol–water partition coefficient (Wildman–Crippen LogP) is 0.674. The van der Waals surface area contributed by atoms with Crippen LogP contribution in [-0.4, -0.2) is 45.9 Å². The van der Waals surface area contributed by atoms with Gasteiger partial charge in [-0.3, -0.25) is 4.79 Å². The van der Waals surface area contributed by atoms with Crippen LogP contribution in [0.25, 0.3) is 0 Å². The van der Waals surface area contributed by atoms with Gasteiger partial charge in [0.15, 0.2) is 11.8 Å². The van der Waals surface area contributed by atoms with Crippen molar-refractivity contribution in [1.29, 1.82) is 0 Å². The number of hydrogen-bond acceptors (Lipinski definition) is 4. The largest absolute Gasteiger partial charge is 0.497 e. The fraction of sp³-hybridized carbons (Fsp3) is 0.389. The number of nitrogens with one attached hydrogen (secondary N) is 2. The first-order valence-electron chi connectivity index (χ1n) is 8.16. The standard InChI is InChI=1S/C18H22N2O4/c1-22-15-5-2-4-14(12-15)18(21)19-13-16(17-6-3-9-24-17)20-7-10-23-11-8-20/h2-6,9,12,16H,7-8,10-11,13H2,1H3,(H,19,21)/p+1/t16-/m0/s1. The molecule has 0 aliphatic carbocycles. The van der Waals surface area contributed by atoms with Crippen molar-refractivity contribution in [2.75, 3.05) is 40.0 Å². The molecule has 0 bridgehead atoms. The molecule has 1 fully saturated rings. The number of ether oxygens (including phenoxy) is 2. The Balaban J connectivity index is 1.67. The molecule has 6 heteroatoms. The van der Waals surface area contributed by atoms with Crippen LogP contribution in [0.15, 0.2) is 47.1 Å². The normalized spacial score (nSPS) is 16.5. The van der Waals surface area contributed by atoms with Gasteiger partial charge in [0.2, 0.25) is 0 Å². The van der Waals surface area contributed by atoms with Crippen molar-refractivity contribution in [3.63, 3.8) is 0 Å². The Morgan fingerprint density at radius 1 is 1.29 bits per heavy atom. The number of morpholine rings is 1. The molecular weight excluding hydrogens is 308 g/mol. The second kappa shape index (κ2) is 7.99. The number of carbonyl (C=O) groups is 1. The molecule has 2 aromatic rings. The monoisotopic (exact) mass is 331 g/mol. The molecular formula is C18H23N2O4+. The smallest absolute Gasteiger partial charge is 0.251 e. The van der Waals surface area contributed by atoms with Gasteiger partial charge in [-0.15, -0.1) is 0 Å². The van der Waals surface area contributed by atoms with Crippen molar-refractivity contribution in [1.82, 2.24) is 5.32 Å². The van der Waals surface area contributed by atoms with Crippen LogP contribution in [0.3, 0.4) is 0 Å². The Kier molecular flexibility index (Phi) is 5.51. The minimum absolute atomic E-state index is 0.0819. The van der Waals surface area contributed by atoms with Gasteiger partial charge in [0, 0.05) is 5.56 Å². The lowest BCUT2D eigenvalue weighted by Crippen LogP contribution is -3.15. The molecule has 1 amide bonds. The number of hydrogen-bond donors (Lipinski definition) is 2. The molecule has 1 aromatic carbocycles. The maximum atomic E-state index is 12.4. The zero-order valence-corrected chi connectivity index (χ0v) is 13.8. The molecule has 24 heavy (non-hydrogen) atoms. The van der Waals surface area contributed by atoms with Gasteiger partial charge >= 0.3 is 0 Å². The van der Waals surface area contributed by atoms with Crippen LogP contribution in [0, 0.1) is 0 Å². The molecule has 0 saturated carbocycles. The lowest BCUT2D eigenvalue weighted by Gasteiger charge is -2.30. The van der Waals surface area contributed by atoms with Crippen molar-refractivity contribution in [3.8, 4) is 5.75 Å². The number of amides is 1. The zero-order valence-electron chi connectivity index (χ0n) is 13.8. The first kappa shape index (κ1) is 16.5. The van der Waals surface area contributed by atoms with E-state index in [1.165, 1.54) is 4.90 Å². The van der Waals surface area contributed by atoms with Gasteiger partial charge in [0.1, 0.15) is 18.8 Å². The summed E-state index contributed by atoms with van der Waals surface area (Å²) in [5.41, 5.74) is 0.588. The van der Waals surface area contributed by atoms with Crippen LogP contribution in [0.5, 0.6) is 5.75 Å². The summed E-state index contributed by atoms with van der Waals surface area (Å²) in [6.07, 6.45) is 1.67. The fourth-order valence-corrected chi connectivity index (χ4v) is 2.98. The van der Waals surface area contributed by atoms with E-state index in [4.69, 9.17) is 13.9 Å². The number of rotatable bonds is 6. The van der Waals surface area contributed by atoms with E-state index >= 15 is 0 Å². The molecule has 1 saturated heterocycles. The Hall–Kier alpha value is -2.31. The van der Waals surface area contributed by atoms with E-state index in [-0.39, 0.29) is 11.9 Å². The van der Waals surface area contributed by atoms with Crippen LogP contribution in [0.1, 0.15) is 22.2 Å². The highest BCUT2D eigenvalue weighted by atomic mass is 16.5. The van der Waals surface area contributed by atoms with Crippen LogP contribution in [0.4, 0.5) is 0 Å². The summed E-state index contributed by atoms with van der Waals surface area (Å²) in [4.78, 5) is 13.8. The minimum Gasteiger partial charge on any atom is -0.497 e. The Bertz CT molecular complexity index is 651. The van der Waals surface area contributed by atoms with E-state index < -0.39 is 0 Å². The van der Waals surface area contributed by atoms with Crippen LogP contribution in [0.2, 0.25) is 0 Å².